The van der Waals surface area contributed by atoms with Crippen LogP contribution in [0.5, 0.6) is 5.75 Å². The van der Waals surface area contributed by atoms with Gasteiger partial charge >= 0.3 is 0 Å². The summed E-state index contributed by atoms with van der Waals surface area (Å²) in [7, 11) is 1.64. The minimum Gasteiger partial charge on any atom is -0.497 e. The van der Waals surface area contributed by atoms with Crippen LogP contribution < -0.4 is 10.3 Å². The van der Waals surface area contributed by atoms with Crippen molar-refractivity contribution in [2.75, 3.05) is 7.11 Å². The average molecular weight is 541 g/mol. The second-order valence-corrected chi connectivity index (χ2v) is 9.90. The molecule has 206 valence electrons. The molecule has 0 saturated heterocycles. The molecular formula is C31H33FN6O2. The molecule has 0 radical (unpaired) electrons. The SMILES string of the molecule is CCc1ccc2[nH]c(=O)c(CN(Cc3ccc(OC)cc3)C(CC)c3nnnn3Cc3ccc(F)cc3)cc2c1. The van der Waals surface area contributed by atoms with Crippen LogP contribution in [0.15, 0.2) is 77.6 Å². The van der Waals surface area contributed by atoms with Crippen molar-refractivity contribution >= 4 is 10.9 Å². The number of aromatic nitrogens is 5. The topological polar surface area (TPSA) is 88.9 Å². The second kappa shape index (κ2) is 12.2. The number of aryl methyl sites for hydroxylation is 1. The number of hydrogen-bond donors (Lipinski definition) is 1. The lowest BCUT2D eigenvalue weighted by Gasteiger charge is -2.30. The third kappa shape index (κ3) is 6.10. The minimum atomic E-state index is -0.288. The van der Waals surface area contributed by atoms with E-state index in [2.05, 4.69) is 45.3 Å². The standard InChI is InChI=1S/C31H33FN6O2/c1-4-21-10-15-28-24(16-21)17-25(31(39)33-28)20-37(18-22-8-13-27(40-3)14-9-22)29(5-2)30-34-35-36-38(30)19-23-6-11-26(32)12-7-23/h6-17,29H,4-5,18-20H2,1-3H3,(H,33,39). The van der Waals surface area contributed by atoms with E-state index in [9.17, 15) is 9.18 Å². The Kier molecular flexibility index (Phi) is 8.31. The second-order valence-electron chi connectivity index (χ2n) is 9.90. The first-order valence-electron chi connectivity index (χ1n) is 13.5. The maximum atomic E-state index is 13.5. The number of rotatable bonds is 11. The third-order valence-corrected chi connectivity index (χ3v) is 7.24. The summed E-state index contributed by atoms with van der Waals surface area (Å²) >= 11 is 0. The summed E-state index contributed by atoms with van der Waals surface area (Å²) in [5.41, 5.74) is 4.56. The summed E-state index contributed by atoms with van der Waals surface area (Å²) in [5.74, 6) is 1.18. The van der Waals surface area contributed by atoms with Crippen molar-refractivity contribution in [3.63, 3.8) is 0 Å². The van der Waals surface area contributed by atoms with Gasteiger partial charge in [-0.3, -0.25) is 9.69 Å². The van der Waals surface area contributed by atoms with Gasteiger partial charge in [0.1, 0.15) is 11.6 Å². The van der Waals surface area contributed by atoms with Gasteiger partial charge in [-0.15, -0.1) is 5.10 Å². The van der Waals surface area contributed by atoms with E-state index in [-0.39, 0.29) is 17.4 Å². The molecule has 5 rings (SSSR count). The molecule has 0 fully saturated rings. The number of benzene rings is 3. The predicted octanol–water partition coefficient (Wildman–Crippen LogP) is 5.43. The number of H-pyrrole nitrogens is 1. The van der Waals surface area contributed by atoms with Crippen molar-refractivity contribution in [1.82, 2.24) is 30.1 Å². The van der Waals surface area contributed by atoms with Crippen LogP contribution in [0.1, 0.15) is 54.4 Å². The van der Waals surface area contributed by atoms with E-state index in [1.165, 1.54) is 17.7 Å². The molecule has 40 heavy (non-hydrogen) atoms. The molecule has 5 aromatic rings. The first-order valence-corrected chi connectivity index (χ1v) is 13.5. The zero-order chi connectivity index (χ0) is 28.1. The quantitative estimate of drug-likeness (QED) is 0.240. The van der Waals surface area contributed by atoms with Crippen LogP contribution in [0.25, 0.3) is 10.9 Å². The molecule has 0 amide bonds. The zero-order valence-electron chi connectivity index (χ0n) is 23.0. The number of halogens is 1. The van der Waals surface area contributed by atoms with Crippen LogP contribution in [0.3, 0.4) is 0 Å². The Bertz CT molecular complexity index is 1630. The molecule has 1 unspecified atom stereocenters. The molecule has 0 spiro atoms. The van der Waals surface area contributed by atoms with E-state index in [1.807, 2.05) is 42.5 Å². The molecule has 3 aromatic carbocycles. The Morgan fingerprint density at radius 3 is 2.38 bits per heavy atom. The highest BCUT2D eigenvalue weighted by molar-refractivity contribution is 5.79. The first kappa shape index (κ1) is 27.2. The number of nitrogens with one attached hydrogen (secondary N) is 1. The summed E-state index contributed by atoms with van der Waals surface area (Å²) in [6.07, 6.45) is 1.63. The van der Waals surface area contributed by atoms with E-state index < -0.39 is 0 Å². The van der Waals surface area contributed by atoms with Crippen LogP contribution in [-0.2, 0) is 26.1 Å². The highest BCUT2D eigenvalue weighted by Crippen LogP contribution is 2.27. The highest BCUT2D eigenvalue weighted by atomic mass is 19.1. The fourth-order valence-electron chi connectivity index (χ4n) is 5.03. The molecule has 0 aliphatic rings. The molecule has 0 saturated carbocycles. The van der Waals surface area contributed by atoms with Crippen molar-refractivity contribution in [3.05, 3.63) is 117 Å². The summed E-state index contributed by atoms with van der Waals surface area (Å²) in [5, 5.41) is 13.6. The molecule has 2 aromatic heterocycles. The van der Waals surface area contributed by atoms with Crippen molar-refractivity contribution in [3.8, 4) is 5.75 Å². The molecule has 1 atom stereocenters. The fraction of sp³-hybridized carbons (Fsp3) is 0.290. The van der Waals surface area contributed by atoms with Gasteiger partial charge in [0.25, 0.3) is 5.56 Å². The Hall–Kier alpha value is -4.37. The Morgan fingerprint density at radius 1 is 0.950 bits per heavy atom. The summed E-state index contributed by atoms with van der Waals surface area (Å²) in [4.78, 5) is 18.5. The van der Waals surface area contributed by atoms with Crippen LogP contribution in [-0.4, -0.2) is 37.2 Å². The number of ether oxygens (including phenoxy) is 1. The smallest absolute Gasteiger partial charge is 0.252 e. The van der Waals surface area contributed by atoms with E-state index >= 15 is 0 Å². The minimum absolute atomic E-state index is 0.114. The zero-order valence-corrected chi connectivity index (χ0v) is 23.0. The lowest BCUT2D eigenvalue weighted by Crippen LogP contribution is -2.32. The number of fused-ring (bicyclic) bond motifs is 1. The average Bonchev–Trinajstić information content (AvgIpc) is 3.42. The first-order chi connectivity index (χ1) is 19.5. The third-order valence-electron chi connectivity index (χ3n) is 7.24. The number of tetrazole rings is 1. The molecule has 8 nitrogen and oxygen atoms in total. The van der Waals surface area contributed by atoms with Crippen LogP contribution in [0, 0.1) is 5.82 Å². The van der Waals surface area contributed by atoms with E-state index in [4.69, 9.17) is 4.74 Å². The van der Waals surface area contributed by atoms with Crippen molar-refractivity contribution in [1.29, 1.82) is 0 Å². The monoisotopic (exact) mass is 540 g/mol. The van der Waals surface area contributed by atoms with Gasteiger partial charge in [0.2, 0.25) is 0 Å². The number of nitrogens with zero attached hydrogens (tertiary/aromatic N) is 5. The van der Waals surface area contributed by atoms with E-state index in [1.54, 1.807) is 23.9 Å². The fourth-order valence-corrected chi connectivity index (χ4v) is 5.03. The van der Waals surface area contributed by atoms with Crippen molar-refractivity contribution in [2.24, 2.45) is 0 Å². The van der Waals surface area contributed by atoms with Crippen molar-refractivity contribution in [2.45, 2.75) is 52.4 Å². The number of methoxy groups -OCH3 is 1. The summed E-state index contributed by atoms with van der Waals surface area (Å²) < 4.78 is 20.6. The Morgan fingerprint density at radius 2 is 1.68 bits per heavy atom. The van der Waals surface area contributed by atoms with Crippen LogP contribution >= 0.6 is 0 Å². The predicted molar refractivity (Wildman–Crippen MR) is 153 cm³/mol. The van der Waals surface area contributed by atoms with E-state index in [0.717, 1.165) is 34.2 Å². The molecular weight excluding hydrogens is 507 g/mol. The lowest BCUT2D eigenvalue weighted by atomic mass is 10.1. The summed E-state index contributed by atoms with van der Waals surface area (Å²) in [6.45, 7) is 5.58. The largest absolute Gasteiger partial charge is 0.497 e. The van der Waals surface area contributed by atoms with Crippen molar-refractivity contribution < 1.29 is 9.13 Å². The lowest BCUT2D eigenvalue weighted by molar-refractivity contribution is 0.161. The Labute approximate surface area is 232 Å². The molecule has 0 bridgehead atoms. The molecule has 1 N–H and O–H groups in total. The van der Waals surface area contributed by atoms with E-state index in [0.29, 0.717) is 37.4 Å². The van der Waals surface area contributed by atoms with Gasteiger partial charge in [-0.05, 0) is 87.8 Å². The van der Waals surface area contributed by atoms with Gasteiger partial charge in [0, 0.05) is 24.2 Å². The normalized spacial score (nSPS) is 12.2. The Balaban J connectivity index is 1.51. The van der Waals surface area contributed by atoms with Crippen LogP contribution in [0.2, 0.25) is 0 Å². The highest BCUT2D eigenvalue weighted by Gasteiger charge is 2.26. The number of aromatic amines is 1. The number of pyridine rings is 1. The number of hydrogen-bond acceptors (Lipinski definition) is 6. The molecule has 2 heterocycles. The van der Waals surface area contributed by atoms with Gasteiger partial charge in [0.05, 0.1) is 19.7 Å². The molecule has 0 aliphatic heterocycles. The molecule has 0 aliphatic carbocycles. The van der Waals surface area contributed by atoms with Gasteiger partial charge < -0.3 is 9.72 Å². The maximum Gasteiger partial charge on any atom is 0.252 e. The van der Waals surface area contributed by atoms with Gasteiger partial charge in [-0.25, -0.2) is 9.07 Å². The van der Waals surface area contributed by atoms with Gasteiger partial charge in [-0.1, -0.05) is 44.2 Å². The maximum absolute atomic E-state index is 13.5. The van der Waals surface area contributed by atoms with Gasteiger partial charge in [0.15, 0.2) is 5.82 Å². The van der Waals surface area contributed by atoms with Crippen LogP contribution in [0.4, 0.5) is 4.39 Å². The summed E-state index contributed by atoms with van der Waals surface area (Å²) in [6, 6.07) is 22.2. The van der Waals surface area contributed by atoms with Gasteiger partial charge in [-0.2, -0.15) is 0 Å². The molecule has 9 heteroatoms.